The van der Waals surface area contributed by atoms with Gasteiger partial charge in [-0.1, -0.05) is 23.7 Å². The second-order valence-electron chi connectivity index (χ2n) is 5.76. The fraction of sp³-hybridized carbons (Fsp3) is 0.353. The van der Waals surface area contributed by atoms with Crippen molar-refractivity contribution in [1.29, 1.82) is 0 Å². The maximum absolute atomic E-state index is 13.2. The van der Waals surface area contributed by atoms with Crippen LogP contribution in [0.15, 0.2) is 42.7 Å². The van der Waals surface area contributed by atoms with Crippen LogP contribution in [0.3, 0.4) is 0 Å². The highest BCUT2D eigenvalue weighted by Gasteiger charge is 2.30. The number of halogens is 2. The van der Waals surface area contributed by atoms with Gasteiger partial charge >= 0.3 is 0 Å². The minimum Gasteiger partial charge on any atom is -0.387 e. The average Bonchev–Trinajstić information content (AvgIpc) is 2.97. The molecule has 0 amide bonds. The number of nitrogens with zero attached hydrogens (tertiary/aromatic N) is 1. The molecule has 2 N–H and O–H groups in total. The van der Waals surface area contributed by atoms with Crippen LogP contribution in [0.2, 0.25) is 5.02 Å². The fourth-order valence-corrected chi connectivity index (χ4v) is 3.11. The molecule has 3 rings (SSSR count). The first-order valence-electron chi connectivity index (χ1n) is 7.41. The van der Waals surface area contributed by atoms with Gasteiger partial charge in [0.05, 0.1) is 12.3 Å². The highest BCUT2D eigenvalue weighted by Crippen LogP contribution is 2.26. The molecule has 1 aliphatic heterocycles. The molecule has 22 heavy (non-hydrogen) atoms. The molecular formula is C17H18ClFN2O. The summed E-state index contributed by atoms with van der Waals surface area (Å²) in [6.45, 7) is 0. The zero-order valence-corrected chi connectivity index (χ0v) is 12.8. The molecule has 1 fully saturated rings. The Hall–Kier alpha value is -1.49. The van der Waals surface area contributed by atoms with Crippen molar-refractivity contribution in [2.75, 3.05) is 0 Å². The largest absolute Gasteiger partial charge is 0.387 e. The van der Waals surface area contributed by atoms with Crippen LogP contribution in [0, 0.1) is 5.82 Å². The molecule has 3 nitrogen and oxygen atoms in total. The first-order valence-corrected chi connectivity index (χ1v) is 7.78. The zero-order valence-electron chi connectivity index (χ0n) is 12.0. The van der Waals surface area contributed by atoms with E-state index in [2.05, 4.69) is 10.3 Å². The predicted molar refractivity (Wildman–Crippen MR) is 84.3 cm³/mol. The number of hydrogen-bond acceptors (Lipinski definition) is 3. The third-order valence-corrected chi connectivity index (χ3v) is 4.37. The van der Waals surface area contributed by atoms with Crippen molar-refractivity contribution in [2.24, 2.45) is 0 Å². The summed E-state index contributed by atoms with van der Waals surface area (Å²) in [6.07, 6.45) is 4.65. The summed E-state index contributed by atoms with van der Waals surface area (Å²) in [5.74, 6) is -0.424. The van der Waals surface area contributed by atoms with Crippen LogP contribution in [0.25, 0.3) is 0 Å². The third kappa shape index (κ3) is 3.64. The van der Waals surface area contributed by atoms with Crippen molar-refractivity contribution in [1.82, 2.24) is 10.3 Å². The van der Waals surface area contributed by atoms with E-state index in [1.807, 2.05) is 24.3 Å². The van der Waals surface area contributed by atoms with Gasteiger partial charge in [0, 0.05) is 28.9 Å². The normalized spacial score (nSPS) is 22.7. The van der Waals surface area contributed by atoms with Gasteiger partial charge in [-0.05, 0) is 43.0 Å². The molecule has 0 aliphatic carbocycles. The lowest BCUT2D eigenvalue weighted by Crippen LogP contribution is -2.35. The van der Waals surface area contributed by atoms with E-state index >= 15 is 0 Å². The topological polar surface area (TPSA) is 45.2 Å². The SMILES string of the molecule is O[C@H](c1cncc(F)c1)[C@H]1CC[C@@H](Cc2ccc(Cl)cc2)N1. The molecule has 5 heteroatoms. The van der Waals surface area contributed by atoms with Crippen molar-refractivity contribution in [3.8, 4) is 0 Å². The van der Waals surface area contributed by atoms with E-state index in [9.17, 15) is 9.50 Å². The van der Waals surface area contributed by atoms with Gasteiger partial charge in [0.25, 0.3) is 0 Å². The van der Waals surface area contributed by atoms with Gasteiger partial charge in [0.2, 0.25) is 0 Å². The molecule has 1 aromatic heterocycles. The molecule has 2 heterocycles. The fourth-order valence-electron chi connectivity index (χ4n) is 2.99. The number of nitrogens with one attached hydrogen (secondary N) is 1. The first-order chi connectivity index (χ1) is 10.6. The molecule has 2 aromatic rings. The molecule has 0 saturated carbocycles. The lowest BCUT2D eigenvalue weighted by Gasteiger charge is -2.20. The maximum Gasteiger partial charge on any atom is 0.141 e. The van der Waals surface area contributed by atoms with E-state index < -0.39 is 11.9 Å². The molecule has 0 radical (unpaired) electrons. The molecule has 0 unspecified atom stereocenters. The smallest absolute Gasteiger partial charge is 0.141 e. The second-order valence-corrected chi connectivity index (χ2v) is 6.20. The lowest BCUT2D eigenvalue weighted by molar-refractivity contribution is 0.134. The number of aliphatic hydroxyl groups is 1. The number of benzene rings is 1. The molecule has 1 aliphatic rings. The van der Waals surface area contributed by atoms with Crippen LogP contribution in [-0.4, -0.2) is 22.2 Å². The van der Waals surface area contributed by atoms with Gasteiger partial charge in [0.1, 0.15) is 5.82 Å². The zero-order chi connectivity index (χ0) is 15.5. The number of rotatable bonds is 4. The number of aliphatic hydroxyl groups excluding tert-OH is 1. The molecule has 1 saturated heterocycles. The highest BCUT2D eigenvalue weighted by molar-refractivity contribution is 6.30. The average molecular weight is 321 g/mol. The summed E-state index contributed by atoms with van der Waals surface area (Å²) in [5.41, 5.74) is 1.73. The molecule has 116 valence electrons. The van der Waals surface area contributed by atoms with Crippen LogP contribution < -0.4 is 5.32 Å². The summed E-state index contributed by atoms with van der Waals surface area (Å²) in [4.78, 5) is 3.80. The molecule has 1 aromatic carbocycles. The summed E-state index contributed by atoms with van der Waals surface area (Å²) >= 11 is 5.89. The quantitative estimate of drug-likeness (QED) is 0.909. The molecule has 0 spiro atoms. The van der Waals surface area contributed by atoms with Crippen LogP contribution in [0.4, 0.5) is 4.39 Å². The summed E-state index contributed by atoms with van der Waals surface area (Å²) in [7, 11) is 0. The van der Waals surface area contributed by atoms with Crippen molar-refractivity contribution < 1.29 is 9.50 Å². The Bertz CT molecular complexity index is 635. The Kier molecular flexibility index (Phi) is 4.71. The second kappa shape index (κ2) is 6.73. The van der Waals surface area contributed by atoms with Crippen molar-refractivity contribution in [3.05, 3.63) is 64.7 Å². The van der Waals surface area contributed by atoms with Gasteiger partial charge in [-0.15, -0.1) is 0 Å². The van der Waals surface area contributed by atoms with Crippen LogP contribution in [0.1, 0.15) is 30.1 Å². The highest BCUT2D eigenvalue weighted by atomic mass is 35.5. The van der Waals surface area contributed by atoms with E-state index in [-0.39, 0.29) is 6.04 Å². The Morgan fingerprint density at radius 3 is 2.77 bits per heavy atom. The molecule has 0 bridgehead atoms. The number of pyridine rings is 1. The molecule has 3 atom stereocenters. The standard InChI is InChI=1S/C17H18ClFN2O/c18-13-3-1-11(2-4-13)7-15-5-6-16(21-15)17(22)12-8-14(19)10-20-9-12/h1-4,8-10,15-17,21-22H,5-7H2/t15-,16+,17+/m0/s1. The van der Waals surface area contributed by atoms with Gasteiger partial charge < -0.3 is 10.4 Å². The summed E-state index contributed by atoms with van der Waals surface area (Å²) in [6, 6.07) is 9.39. The van der Waals surface area contributed by atoms with Crippen LogP contribution in [0.5, 0.6) is 0 Å². The monoisotopic (exact) mass is 320 g/mol. The Balaban J connectivity index is 1.61. The number of aromatic nitrogens is 1. The van der Waals surface area contributed by atoms with Gasteiger partial charge in [-0.3, -0.25) is 4.98 Å². The Morgan fingerprint density at radius 1 is 1.27 bits per heavy atom. The van der Waals surface area contributed by atoms with E-state index in [4.69, 9.17) is 11.6 Å². The Morgan fingerprint density at radius 2 is 2.05 bits per heavy atom. The summed E-state index contributed by atoms with van der Waals surface area (Å²) in [5, 5.41) is 14.5. The Labute approximate surface area is 134 Å². The van der Waals surface area contributed by atoms with Gasteiger partial charge in [0.15, 0.2) is 0 Å². The van der Waals surface area contributed by atoms with Crippen molar-refractivity contribution in [3.63, 3.8) is 0 Å². The van der Waals surface area contributed by atoms with Crippen LogP contribution >= 0.6 is 11.6 Å². The van der Waals surface area contributed by atoms with E-state index in [1.165, 1.54) is 17.8 Å². The van der Waals surface area contributed by atoms with E-state index in [0.29, 0.717) is 11.6 Å². The molecular weight excluding hydrogens is 303 g/mol. The number of hydrogen-bond donors (Lipinski definition) is 2. The van der Waals surface area contributed by atoms with Gasteiger partial charge in [-0.25, -0.2) is 4.39 Å². The summed E-state index contributed by atoms with van der Waals surface area (Å²) < 4.78 is 13.2. The van der Waals surface area contributed by atoms with Gasteiger partial charge in [-0.2, -0.15) is 0 Å². The lowest BCUT2D eigenvalue weighted by atomic mass is 10.0. The van der Waals surface area contributed by atoms with Crippen LogP contribution in [-0.2, 0) is 6.42 Å². The first kappa shape index (κ1) is 15.4. The minimum atomic E-state index is -0.738. The van der Waals surface area contributed by atoms with Crippen molar-refractivity contribution in [2.45, 2.75) is 37.5 Å². The third-order valence-electron chi connectivity index (χ3n) is 4.12. The van der Waals surface area contributed by atoms with Crippen molar-refractivity contribution >= 4 is 11.6 Å². The van der Waals surface area contributed by atoms with E-state index in [0.717, 1.165) is 30.5 Å². The predicted octanol–water partition coefficient (Wildman–Crippen LogP) is 3.27. The van der Waals surface area contributed by atoms with E-state index in [1.54, 1.807) is 0 Å². The minimum absolute atomic E-state index is 0.0686. The maximum atomic E-state index is 13.2.